The number of rotatable bonds is 5. The van der Waals surface area contributed by atoms with Crippen LogP contribution >= 0.6 is 0 Å². The Kier molecular flexibility index (Phi) is 7.78. The summed E-state index contributed by atoms with van der Waals surface area (Å²) in [6.07, 6.45) is 2.50. The number of anilines is 1. The fourth-order valence-corrected chi connectivity index (χ4v) is 4.30. The number of amidine groups is 1. The molecule has 2 heterocycles. The zero-order valence-electron chi connectivity index (χ0n) is 15.6. The van der Waals surface area contributed by atoms with Crippen LogP contribution in [0.5, 0.6) is 5.75 Å². The number of carbonyl (C=O) groups excluding carboxylic acids is 1. The molecule has 8 nitrogen and oxygen atoms in total. The van der Waals surface area contributed by atoms with Crippen LogP contribution in [0.15, 0.2) is 22.6 Å². The van der Waals surface area contributed by atoms with E-state index < -0.39 is 10.2 Å². The van der Waals surface area contributed by atoms with E-state index in [1.807, 2.05) is 18.7 Å². The Balaban J connectivity index is 0.00000280. The van der Waals surface area contributed by atoms with Gasteiger partial charge in [0.05, 0.1) is 17.9 Å². The third-order valence-electron chi connectivity index (χ3n) is 4.67. The zero-order valence-corrected chi connectivity index (χ0v) is 16.5. The fourth-order valence-electron chi connectivity index (χ4n) is 3.45. The minimum atomic E-state index is -3.81. The molecule has 1 amide bonds. The Morgan fingerprint density at radius 2 is 2.18 bits per heavy atom. The standard InChI is InChI=1S/C18H26N4O4S.Na.H/c1-12(2)9-16(23)22-8-4-5-13(10-22)11-26-15-7-3-6-14-17(15)18(19)21-27(24,25)20-14;;/h3,6-7,12-13,20H,4-5,8-11H2,1-2H3,(H2,19,21);;/t13-;;/m0../s1. The van der Waals surface area contributed by atoms with Crippen LogP contribution in [0.3, 0.4) is 0 Å². The molecule has 10 heteroatoms. The Morgan fingerprint density at radius 1 is 1.43 bits per heavy atom. The predicted octanol–water partition coefficient (Wildman–Crippen LogP) is 1.08. The molecule has 28 heavy (non-hydrogen) atoms. The van der Waals surface area contributed by atoms with Gasteiger partial charge in [-0.25, -0.2) is 0 Å². The monoisotopic (exact) mass is 418 g/mol. The van der Waals surface area contributed by atoms with Gasteiger partial charge < -0.3 is 15.4 Å². The van der Waals surface area contributed by atoms with Gasteiger partial charge in [-0.2, -0.15) is 8.42 Å². The number of fused-ring (bicyclic) bond motifs is 1. The topological polar surface area (TPSA) is 114 Å². The number of benzene rings is 1. The van der Waals surface area contributed by atoms with Gasteiger partial charge in [0.2, 0.25) is 5.91 Å². The molecule has 0 radical (unpaired) electrons. The summed E-state index contributed by atoms with van der Waals surface area (Å²) in [5.41, 5.74) is 6.65. The number of piperidine rings is 1. The van der Waals surface area contributed by atoms with Crippen molar-refractivity contribution in [1.82, 2.24) is 4.90 Å². The van der Waals surface area contributed by atoms with Crippen LogP contribution in [0.1, 0.15) is 38.7 Å². The second kappa shape index (κ2) is 9.47. The number of likely N-dealkylation sites (tertiary alicyclic amines) is 1. The number of nitrogens with zero attached hydrogens (tertiary/aromatic N) is 2. The predicted molar refractivity (Wildman–Crippen MR) is 111 cm³/mol. The number of hydrogen-bond donors (Lipinski definition) is 2. The van der Waals surface area contributed by atoms with E-state index >= 15 is 0 Å². The van der Waals surface area contributed by atoms with Gasteiger partial charge in [-0.15, -0.1) is 4.40 Å². The maximum atomic E-state index is 12.3. The molecule has 2 aliphatic rings. The SMILES string of the molecule is CC(C)CC(=O)N1CCC[C@H](COc2cccc3c2C(N)=NS(=O)(=O)N3)C1.[NaH]. The Labute approximate surface area is 188 Å². The van der Waals surface area contributed by atoms with Crippen molar-refractivity contribution in [3.05, 3.63) is 23.8 Å². The van der Waals surface area contributed by atoms with Crippen LogP contribution in [0.25, 0.3) is 0 Å². The minimum absolute atomic E-state index is 0. The molecule has 1 aromatic carbocycles. The van der Waals surface area contributed by atoms with E-state index in [-0.39, 0.29) is 47.2 Å². The molecule has 1 fully saturated rings. The molecule has 0 bridgehead atoms. The van der Waals surface area contributed by atoms with E-state index in [1.165, 1.54) is 0 Å². The van der Waals surface area contributed by atoms with Crippen LogP contribution in [0.2, 0.25) is 0 Å². The first-order valence-corrected chi connectivity index (χ1v) is 10.6. The van der Waals surface area contributed by atoms with Gasteiger partial charge in [-0.1, -0.05) is 19.9 Å². The van der Waals surface area contributed by atoms with Crippen molar-refractivity contribution in [2.45, 2.75) is 33.1 Å². The summed E-state index contributed by atoms with van der Waals surface area (Å²) in [6.45, 7) is 5.99. The fraction of sp³-hybridized carbons (Fsp3) is 0.556. The van der Waals surface area contributed by atoms with Gasteiger partial charge in [0, 0.05) is 25.4 Å². The number of amides is 1. The number of nitrogens with two attached hydrogens (primary N) is 1. The molecule has 1 saturated heterocycles. The van der Waals surface area contributed by atoms with E-state index in [0.717, 1.165) is 19.4 Å². The zero-order chi connectivity index (χ0) is 19.6. The van der Waals surface area contributed by atoms with E-state index in [9.17, 15) is 13.2 Å². The third-order valence-corrected chi connectivity index (χ3v) is 5.58. The summed E-state index contributed by atoms with van der Waals surface area (Å²) >= 11 is 0. The van der Waals surface area contributed by atoms with Gasteiger partial charge in [0.25, 0.3) is 0 Å². The molecule has 0 aliphatic carbocycles. The summed E-state index contributed by atoms with van der Waals surface area (Å²) in [4.78, 5) is 14.2. The number of ether oxygens (including phenoxy) is 1. The molecule has 3 rings (SSSR count). The maximum absolute atomic E-state index is 12.3. The number of nitrogens with one attached hydrogen (secondary N) is 1. The van der Waals surface area contributed by atoms with Gasteiger partial charge in [0.15, 0.2) is 5.84 Å². The summed E-state index contributed by atoms with van der Waals surface area (Å²) in [5, 5.41) is 0. The van der Waals surface area contributed by atoms with Crippen molar-refractivity contribution in [3.63, 3.8) is 0 Å². The van der Waals surface area contributed by atoms with Crippen LogP contribution in [-0.2, 0) is 15.0 Å². The van der Waals surface area contributed by atoms with E-state index in [4.69, 9.17) is 10.5 Å². The number of hydrogen-bond acceptors (Lipinski definition) is 5. The average Bonchev–Trinajstić information content (AvgIpc) is 2.58. The third kappa shape index (κ3) is 5.62. The van der Waals surface area contributed by atoms with Gasteiger partial charge in [-0.05, 0) is 30.9 Å². The van der Waals surface area contributed by atoms with Crippen molar-refractivity contribution < 1.29 is 17.9 Å². The molecule has 0 aromatic heterocycles. The first-order valence-electron chi connectivity index (χ1n) is 9.17. The molecule has 0 unspecified atom stereocenters. The first-order chi connectivity index (χ1) is 12.7. The molecular weight excluding hydrogens is 391 g/mol. The van der Waals surface area contributed by atoms with Crippen LogP contribution < -0.4 is 15.2 Å². The van der Waals surface area contributed by atoms with Crippen molar-refractivity contribution in [1.29, 1.82) is 0 Å². The normalized spacial score (nSPS) is 20.5. The second-order valence-electron chi connectivity index (χ2n) is 7.49. The average molecular weight is 418 g/mol. The molecule has 2 aliphatic heterocycles. The molecule has 1 aromatic rings. The Bertz CT molecular complexity index is 857. The summed E-state index contributed by atoms with van der Waals surface area (Å²) < 4.78 is 35.1. The summed E-state index contributed by atoms with van der Waals surface area (Å²) in [5.74, 6) is 1.16. The van der Waals surface area contributed by atoms with Crippen molar-refractivity contribution in [2.75, 3.05) is 24.4 Å². The number of carbonyl (C=O) groups is 1. The molecule has 150 valence electrons. The Hall–Kier alpha value is -1.29. The first kappa shape index (κ1) is 23.0. The van der Waals surface area contributed by atoms with E-state index in [2.05, 4.69) is 9.12 Å². The van der Waals surface area contributed by atoms with Crippen LogP contribution in [0, 0.1) is 11.8 Å². The van der Waals surface area contributed by atoms with E-state index in [0.29, 0.717) is 42.5 Å². The van der Waals surface area contributed by atoms with E-state index in [1.54, 1.807) is 18.2 Å². The summed E-state index contributed by atoms with van der Waals surface area (Å²) in [6, 6.07) is 5.06. The van der Waals surface area contributed by atoms with Crippen molar-refractivity contribution in [2.24, 2.45) is 22.0 Å². The molecule has 3 N–H and O–H groups in total. The Morgan fingerprint density at radius 3 is 2.89 bits per heavy atom. The molecule has 1 atom stereocenters. The van der Waals surface area contributed by atoms with Gasteiger partial charge in [-0.3, -0.25) is 9.52 Å². The second-order valence-corrected chi connectivity index (χ2v) is 8.83. The quantitative estimate of drug-likeness (QED) is 0.695. The molecular formula is C18H27N4NaO4S. The van der Waals surface area contributed by atoms with Crippen molar-refractivity contribution >= 4 is 57.2 Å². The molecule has 0 spiro atoms. The summed E-state index contributed by atoms with van der Waals surface area (Å²) in [7, 11) is -3.81. The van der Waals surface area contributed by atoms with Gasteiger partial charge in [0.1, 0.15) is 5.75 Å². The van der Waals surface area contributed by atoms with Crippen molar-refractivity contribution in [3.8, 4) is 5.75 Å². The van der Waals surface area contributed by atoms with Crippen LogP contribution in [-0.4, -0.2) is 74.3 Å². The molecule has 0 saturated carbocycles. The van der Waals surface area contributed by atoms with Crippen LogP contribution in [0.4, 0.5) is 5.69 Å². The van der Waals surface area contributed by atoms with Gasteiger partial charge >= 0.3 is 39.8 Å².